The second-order valence-electron chi connectivity index (χ2n) is 7.36. The zero-order valence-electron chi connectivity index (χ0n) is 17.5. The van der Waals surface area contributed by atoms with Crippen LogP contribution in [0.25, 0.3) is 17.0 Å². The van der Waals surface area contributed by atoms with Crippen molar-refractivity contribution >= 4 is 45.5 Å². The number of fused-ring (bicyclic) bond motifs is 1. The molecule has 0 unspecified atom stereocenters. The van der Waals surface area contributed by atoms with Gasteiger partial charge in [-0.2, -0.15) is 0 Å². The van der Waals surface area contributed by atoms with Gasteiger partial charge in [0.1, 0.15) is 5.75 Å². The van der Waals surface area contributed by atoms with Crippen LogP contribution in [0.1, 0.15) is 11.1 Å². The second-order valence-corrected chi connectivity index (χ2v) is 8.37. The first-order valence-electron chi connectivity index (χ1n) is 10.2. The third-order valence-electron chi connectivity index (χ3n) is 5.25. The van der Waals surface area contributed by atoms with Crippen molar-refractivity contribution in [2.24, 2.45) is 4.99 Å². The Balaban J connectivity index is 1.48. The molecule has 0 atom stereocenters. The van der Waals surface area contributed by atoms with E-state index in [0.29, 0.717) is 16.6 Å². The summed E-state index contributed by atoms with van der Waals surface area (Å²) >= 11 is 1.41. The topological polar surface area (TPSA) is 57.7 Å². The monoisotopic (exact) mass is 439 g/mol. The van der Waals surface area contributed by atoms with Gasteiger partial charge in [-0.25, -0.2) is 0 Å². The molecule has 2 heterocycles. The number of amidine groups is 1. The number of benzene rings is 3. The number of aromatic amines is 1. The summed E-state index contributed by atoms with van der Waals surface area (Å²) in [5, 5.41) is 1.79. The fourth-order valence-electron chi connectivity index (χ4n) is 3.59. The summed E-state index contributed by atoms with van der Waals surface area (Å²) in [5.74, 6) is 0.742. The number of ether oxygens (including phenoxy) is 1. The van der Waals surface area contributed by atoms with Crippen molar-refractivity contribution < 1.29 is 9.53 Å². The Bertz CT molecular complexity index is 1320. The van der Waals surface area contributed by atoms with Crippen LogP contribution >= 0.6 is 11.8 Å². The van der Waals surface area contributed by atoms with E-state index in [2.05, 4.69) is 11.1 Å². The van der Waals surface area contributed by atoms with Gasteiger partial charge in [0.05, 0.1) is 24.2 Å². The van der Waals surface area contributed by atoms with Crippen LogP contribution in [0.5, 0.6) is 5.75 Å². The zero-order valence-corrected chi connectivity index (χ0v) is 18.3. The van der Waals surface area contributed by atoms with Crippen molar-refractivity contribution in [1.82, 2.24) is 4.98 Å². The summed E-state index contributed by atoms with van der Waals surface area (Å²) in [7, 11) is 1.65. The fraction of sp³-hybridized carbons (Fsp3) is 0.0769. The number of thioether (sulfide) groups is 1. The van der Waals surface area contributed by atoms with Gasteiger partial charge in [-0.3, -0.25) is 14.7 Å². The summed E-state index contributed by atoms with van der Waals surface area (Å²) < 4.78 is 5.23. The Morgan fingerprint density at radius 1 is 1.03 bits per heavy atom. The van der Waals surface area contributed by atoms with E-state index >= 15 is 0 Å². The van der Waals surface area contributed by atoms with Crippen LogP contribution in [-0.4, -0.2) is 23.2 Å². The maximum atomic E-state index is 13.4. The smallest absolute Gasteiger partial charge is 0.271 e. The number of rotatable bonds is 5. The van der Waals surface area contributed by atoms with Crippen molar-refractivity contribution in [1.29, 1.82) is 0 Å². The molecule has 0 aliphatic carbocycles. The average Bonchev–Trinajstić information content (AvgIpc) is 3.42. The van der Waals surface area contributed by atoms with E-state index in [0.717, 1.165) is 33.5 Å². The van der Waals surface area contributed by atoms with Crippen LogP contribution < -0.4 is 9.64 Å². The number of carbonyl (C=O) groups is 1. The Kier molecular flexibility index (Phi) is 5.52. The molecule has 1 aromatic heterocycles. The lowest BCUT2D eigenvalue weighted by atomic mass is 10.1. The molecule has 1 saturated heterocycles. The molecule has 6 heteroatoms. The average molecular weight is 440 g/mol. The van der Waals surface area contributed by atoms with Crippen LogP contribution in [0.15, 0.2) is 95.0 Å². The van der Waals surface area contributed by atoms with Gasteiger partial charge < -0.3 is 9.72 Å². The number of anilines is 1. The SMILES string of the molecule is COc1ccc(CN=C2SC(=Cc3ccc4[nH]ccc4c3)C(=O)N2c2ccccc2)cc1. The second kappa shape index (κ2) is 8.77. The number of para-hydroxylation sites is 1. The maximum Gasteiger partial charge on any atom is 0.271 e. The molecular formula is C26H21N3O2S. The Morgan fingerprint density at radius 3 is 2.62 bits per heavy atom. The Labute approximate surface area is 190 Å². The molecular weight excluding hydrogens is 418 g/mol. The molecule has 1 aliphatic heterocycles. The highest BCUT2D eigenvalue weighted by Crippen LogP contribution is 2.36. The number of hydrogen-bond acceptors (Lipinski definition) is 4. The van der Waals surface area contributed by atoms with Gasteiger partial charge in [0.15, 0.2) is 5.17 Å². The molecule has 1 aliphatic rings. The predicted octanol–water partition coefficient (Wildman–Crippen LogP) is 5.85. The van der Waals surface area contributed by atoms with Crippen LogP contribution in [-0.2, 0) is 11.3 Å². The number of hydrogen-bond donors (Lipinski definition) is 1. The largest absolute Gasteiger partial charge is 0.497 e. The normalized spacial score (nSPS) is 16.4. The van der Waals surface area contributed by atoms with Crippen molar-refractivity contribution in [3.63, 3.8) is 0 Å². The quantitative estimate of drug-likeness (QED) is 0.397. The Morgan fingerprint density at radius 2 is 1.84 bits per heavy atom. The molecule has 0 bridgehead atoms. The van der Waals surface area contributed by atoms with Gasteiger partial charge >= 0.3 is 0 Å². The van der Waals surface area contributed by atoms with Gasteiger partial charge in [0.25, 0.3) is 5.91 Å². The lowest BCUT2D eigenvalue weighted by Gasteiger charge is -2.15. The molecule has 3 aromatic carbocycles. The zero-order chi connectivity index (χ0) is 21.9. The van der Waals surface area contributed by atoms with Crippen LogP contribution in [0.4, 0.5) is 5.69 Å². The van der Waals surface area contributed by atoms with E-state index in [4.69, 9.17) is 9.73 Å². The van der Waals surface area contributed by atoms with Crippen molar-refractivity contribution in [2.75, 3.05) is 12.0 Å². The molecule has 0 saturated carbocycles. The fourth-order valence-corrected chi connectivity index (χ4v) is 4.57. The molecule has 5 nitrogen and oxygen atoms in total. The van der Waals surface area contributed by atoms with E-state index in [1.165, 1.54) is 11.8 Å². The van der Waals surface area contributed by atoms with Gasteiger partial charge in [0, 0.05) is 11.7 Å². The highest BCUT2D eigenvalue weighted by molar-refractivity contribution is 8.19. The van der Waals surface area contributed by atoms with E-state index in [9.17, 15) is 4.79 Å². The predicted molar refractivity (Wildman–Crippen MR) is 132 cm³/mol. The van der Waals surface area contributed by atoms with Gasteiger partial charge in [-0.05, 0) is 76.8 Å². The highest BCUT2D eigenvalue weighted by Gasteiger charge is 2.34. The third-order valence-corrected chi connectivity index (χ3v) is 6.26. The molecule has 0 radical (unpaired) electrons. The lowest BCUT2D eigenvalue weighted by Crippen LogP contribution is -2.28. The standard InChI is InChI=1S/C26H21N3O2S/c1-31-22-10-7-18(8-11-22)17-28-26-29(21-5-3-2-4-6-21)25(30)24(32-26)16-19-9-12-23-20(15-19)13-14-27-23/h2-16,27H,17H2,1H3. The number of nitrogens with one attached hydrogen (secondary N) is 1. The number of aliphatic imine (C=N–C) groups is 1. The number of nitrogens with zero attached hydrogens (tertiary/aromatic N) is 2. The minimum Gasteiger partial charge on any atom is -0.497 e. The number of amides is 1. The third kappa shape index (κ3) is 4.05. The summed E-state index contributed by atoms with van der Waals surface area (Å²) in [6, 6.07) is 25.6. The van der Waals surface area contributed by atoms with Crippen molar-refractivity contribution in [3.8, 4) is 5.75 Å². The summed E-state index contributed by atoms with van der Waals surface area (Å²) in [5.41, 5.74) is 3.92. The minimum atomic E-state index is -0.0659. The molecule has 5 rings (SSSR count). The molecule has 4 aromatic rings. The first-order chi connectivity index (χ1) is 15.7. The molecule has 1 amide bonds. The molecule has 1 N–H and O–H groups in total. The van der Waals surface area contributed by atoms with Gasteiger partial charge in [0.2, 0.25) is 0 Å². The number of H-pyrrole nitrogens is 1. The van der Waals surface area contributed by atoms with Gasteiger partial charge in [-0.1, -0.05) is 36.4 Å². The summed E-state index contributed by atoms with van der Waals surface area (Å²) in [6.07, 6.45) is 3.85. The first-order valence-corrected chi connectivity index (χ1v) is 11.1. The van der Waals surface area contributed by atoms with E-state index in [-0.39, 0.29) is 5.91 Å². The maximum absolute atomic E-state index is 13.4. The number of carbonyl (C=O) groups excluding carboxylic acids is 1. The first kappa shape index (κ1) is 20.2. The lowest BCUT2D eigenvalue weighted by molar-refractivity contribution is -0.113. The van der Waals surface area contributed by atoms with Crippen LogP contribution in [0.2, 0.25) is 0 Å². The number of methoxy groups -OCH3 is 1. The van der Waals surface area contributed by atoms with Crippen LogP contribution in [0.3, 0.4) is 0 Å². The highest BCUT2D eigenvalue weighted by atomic mass is 32.2. The Hall–Kier alpha value is -3.77. The molecule has 1 fully saturated rings. The van der Waals surface area contributed by atoms with E-state index in [1.807, 2.05) is 85.1 Å². The molecule has 0 spiro atoms. The minimum absolute atomic E-state index is 0.0659. The summed E-state index contributed by atoms with van der Waals surface area (Å²) in [6.45, 7) is 0.478. The van der Waals surface area contributed by atoms with E-state index in [1.54, 1.807) is 12.0 Å². The summed E-state index contributed by atoms with van der Waals surface area (Å²) in [4.78, 5) is 23.7. The van der Waals surface area contributed by atoms with Gasteiger partial charge in [-0.15, -0.1) is 0 Å². The number of aromatic nitrogens is 1. The van der Waals surface area contributed by atoms with Crippen molar-refractivity contribution in [3.05, 3.63) is 101 Å². The molecule has 32 heavy (non-hydrogen) atoms. The van der Waals surface area contributed by atoms with Crippen molar-refractivity contribution in [2.45, 2.75) is 6.54 Å². The van der Waals surface area contributed by atoms with E-state index < -0.39 is 0 Å². The van der Waals surface area contributed by atoms with Crippen LogP contribution in [0, 0.1) is 0 Å². The molecule has 158 valence electrons.